The highest BCUT2D eigenvalue weighted by Crippen LogP contribution is 2.52. The average molecular weight is 430 g/mol. The topological polar surface area (TPSA) is 94.8 Å². The van der Waals surface area contributed by atoms with Crippen molar-refractivity contribution in [3.8, 4) is 51.6 Å². The first kappa shape index (κ1) is 20.5. The summed E-state index contributed by atoms with van der Waals surface area (Å²) in [7, 11) is 8.85. The van der Waals surface area contributed by atoms with Crippen LogP contribution >= 0.6 is 0 Å². The molecule has 164 valence electrons. The highest BCUT2D eigenvalue weighted by molar-refractivity contribution is 5.97. The van der Waals surface area contributed by atoms with Crippen molar-refractivity contribution in [2.75, 3.05) is 42.7 Å². The molecule has 1 aliphatic heterocycles. The number of hydrogen-bond donors (Lipinski definition) is 0. The van der Waals surface area contributed by atoms with Gasteiger partial charge in [-0.15, -0.1) is 0 Å². The molecule has 0 bridgehead atoms. The first-order chi connectivity index (χ1) is 15.0. The zero-order chi connectivity index (χ0) is 22.3. The molecule has 1 aliphatic rings. The van der Waals surface area contributed by atoms with Gasteiger partial charge in [0.1, 0.15) is 12.0 Å². The maximum atomic E-state index is 13.5. The van der Waals surface area contributed by atoms with E-state index in [1.807, 2.05) is 0 Å². The summed E-state index contributed by atoms with van der Waals surface area (Å²) >= 11 is 0. The van der Waals surface area contributed by atoms with Crippen LogP contribution in [-0.2, 0) is 6.61 Å². The largest absolute Gasteiger partial charge is 0.493 e. The van der Waals surface area contributed by atoms with Crippen LogP contribution in [0, 0.1) is 0 Å². The van der Waals surface area contributed by atoms with Crippen molar-refractivity contribution in [1.82, 2.24) is 0 Å². The predicted octanol–water partition coefficient (Wildman–Crippen LogP) is 3.40. The van der Waals surface area contributed by atoms with E-state index >= 15 is 0 Å². The minimum Gasteiger partial charge on any atom is -0.493 e. The van der Waals surface area contributed by atoms with Crippen molar-refractivity contribution < 1.29 is 37.6 Å². The molecule has 4 rings (SSSR count). The molecule has 31 heavy (non-hydrogen) atoms. The monoisotopic (exact) mass is 430 g/mol. The molecule has 0 saturated carbocycles. The lowest BCUT2D eigenvalue weighted by Crippen LogP contribution is -2.16. The van der Waals surface area contributed by atoms with Crippen molar-refractivity contribution in [2.24, 2.45) is 0 Å². The Labute approximate surface area is 177 Å². The Morgan fingerprint density at radius 2 is 1.32 bits per heavy atom. The van der Waals surface area contributed by atoms with E-state index in [0.717, 1.165) is 5.56 Å². The second kappa shape index (κ2) is 7.82. The van der Waals surface area contributed by atoms with E-state index in [2.05, 4.69) is 0 Å². The summed E-state index contributed by atoms with van der Waals surface area (Å²) in [6.07, 6.45) is 0. The molecule has 2 aromatic carbocycles. The fraction of sp³-hybridized carbons (Fsp3) is 0.318. The second-order valence-electron chi connectivity index (χ2n) is 6.58. The molecule has 0 aliphatic carbocycles. The van der Waals surface area contributed by atoms with E-state index in [1.165, 1.54) is 35.5 Å². The molecule has 0 radical (unpaired) electrons. The van der Waals surface area contributed by atoms with E-state index in [9.17, 15) is 4.79 Å². The third-order valence-corrected chi connectivity index (χ3v) is 5.17. The zero-order valence-electron chi connectivity index (χ0n) is 18.0. The van der Waals surface area contributed by atoms with Gasteiger partial charge >= 0.3 is 0 Å². The molecule has 0 N–H and O–H groups in total. The number of benzene rings is 2. The molecular formula is C22H22O9. The Morgan fingerprint density at radius 3 is 1.90 bits per heavy atom. The van der Waals surface area contributed by atoms with Gasteiger partial charge in [0.05, 0.1) is 42.7 Å². The van der Waals surface area contributed by atoms with E-state index in [-0.39, 0.29) is 52.1 Å². The first-order valence-corrected chi connectivity index (χ1v) is 9.29. The number of methoxy groups -OCH3 is 6. The van der Waals surface area contributed by atoms with Crippen LogP contribution in [0.5, 0.6) is 40.2 Å². The zero-order valence-corrected chi connectivity index (χ0v) is 18.0. The molecule has 2 heterocycles. The number of hydrogen-bond acceptors (Lipinski definition) is 9. The summed E-state index contributed by atoms with van der Waals surface area (Å²) in [6, 6.07) is 3.53. The van der Waals surface area contributed by atoms with Gasteiger partial charge in [0.2, 0.25) is 28.4 Å². The fourth-order valence-electron chi connectivity index (χ4n) is 3.77. The van der Waals surface area contributed by atoms with Gasteiger partial charge in [0.25, 0.3) is 0 Å². The molecule has 1 aromatic heterocycles. The van der Waals surface area contributed by atoms with Crippen LogP contribution in [0.25, 0.3) is 22.3 Å². The SMILES string of the molecule is COc1cc2c(cc1OC)-c1oc3c(OC)c(OC)c(OC)c(OC)c3c(=O)c1OC2. The lowest BCUT2D eigenvalue weighted by atomic mass is 10.00. The summed E-state index contributed by atoms with van der Waals surface area (Å²) in [5.74, 6) is 2.14. The van der Waals surface area contributed by atoms with Crippen molar-refractivity contribution in [3.63, 3.8) is 0 Å². The summed E-state index contributed by atoms with van der Waals surface area (Å²) in [6.45, 7) is 0.158. The van der Waals surface area contributed by atoms with Crippen LogP contribution in [0.15, 0.2) is 21.3 Å². The number of ether oxygens (including phenoxy) is 7. The van der Waals surface area contributed by atoms with Gasteiger partial charge in [-0.3, -0.25) is 4.79 Å². The molecule has 9 nitrogen and oxygen atoms in total. The van der Waals surface area contributed by atoms with Crippen molar-refractivity contribution in [2.45, 2.75) is 6.61 Å². The van der Waals surface area contributed by atoms with Crippen LogP contribution in [0.3, 0.4) is 0 Å². The lowest BCUT2D eigenvalue weighted by Gasteiger charge is -2.23. The molecule has 0 fully saturated rings. The quantitative estimate of drug-likeness (QED) is 0.583. The van der Waals surface area contributed by atoms with Crippen LogP contribution < -0.4 is 38.6 Å². The van der Waals surface area contributed by atoms with Crippen LogP contribution in [0.4, 0.5) is 0 Å². The van der Waals surface area contributed by atoms with Gasteiger partial charge in [0.15, 0.2) is 28.6 Å². The Kier molecular flexibility index (Phi) is 5.18. The highest BCUT2D eigenvalue weighted by atomic mass is 16.6. The fourth-order valence-corrected chi connectivity index (χ4v) is 3.77. The van der Waals surface area contributed by atoms with Crippen molar-refractivity contribution in [1.29, 1.82) is 0 Å². The van der Waals surface area contributed by atoms with Gasteiger partial charge in [-0.2, -0.15) is 0 Å². The summed E-state index contributed by atoms with van der Waals surface area (Å²) in [4.78, 5) is 13.5. The highest BCUT2D eigenvalue weighted by Gasteiger charge is 2.32. The minimum atomic E-state index is -0.423. The minimum absolute atomic E-state index is 0.0554. The Hall–Kier alpha value is -3.75. The van der Waals surface area contributed by atoms with Gasteiger partial charge in [-0.25, -0.2) is 0 Å². The van der Waals surface area contributed by atoms with Gasteiger partial charge in [-0.1, -0.05) is 0 Å². The van der Waals surface area contributed by atoms with E-state index < -0.39 is 5.43 Å². The second-order valence-corrected chi connectivity index (χ2v) is 6.58. The van der Waals surface area contributed by atoms with Crippen LogP contribution in [0.2, 0.25) is 0 Å². The molecule has 0 unspecified atom stereocenters. The molecule has 0 amide bonds. The van der Waals surface area contributed by atoms with Crippen LogP contribution in [-0.4, -0.2) is 42.7 Å². The normalized spacial score (nSPS) is 11.8. The molecule has 0 saturated heterocycles. The third kappa shape index (κ3) is 2.88. The maximum absolute atomic E-state index is 13.5. The van der Waals surface area contributed by atoms with Crippen molar-refractivity contribution in [3.05, 3.63) is 27.9 Å². The van der Waals surface area contributed by atoms with E-state index in [0.29, 0.717) is 17.1 Å². The first-order valence-electron chi connectivity index (χ1n) is 9.29. The van der Waals surface area contributed by atoms with E-state index in [4.69, 9.17) is 37.6 Å². The van der Waals surface area contributed by atoms with Gasteiger partial charge in [0, 0.05) is 11.1 Å². The number of rotatable bonds is 6. The predicted molar refractivity (Wildman–Crippen MR) is 112 cm³/mol. The molecule has 0 atom stereocenters. The smallest absolute Gasteiger partial charge is 0.239 e. The molecular weight excluding hydrogens is 408 g/mol. The lowest BCUT2D eigenvalue weighted by molar-refractivity contribution is 0.284. The van der Waals surface area contributed by atoms with Gasteiger partial charge in [-0.05, 0) is 12.1 Å². The van der Waals surface area contributed by atoms with Crippen molar-refractivity contribution >= 4 is 11.0 Å². The van der Waals surface area contributed by atoms with E-state index in [1.54, 1.807) is 19.2 Å². The van der Waals surface area contributed by atoms with Crippen LogP contribution in [0.1, 0.15) is 5.56 Å². The Balaban J connectivity index is 2.14. The maximum Gasteiger partial charge on any atom is 0.239 e. The summed E-state index contributed by atoms with van der Waals surface area (Å²) in [5, 5.41) is 0.125. The Morgan fingerprint density at radius 1 is 0.742 bits per heavy atom. The summed E-state index contributed by atoms with van der Waals surface area (Å²) in [5.41, 5.74) is 1.15. The molecule has 3 aromatic rings. The average Bonchev–Trinajstić information content (AvgIpc) is 2.81. The molecule has 0 spiro atoms. The third-order valence-electron chi connectivity index (χ3n) is 5.17. The van der Waals surface area contributed by atoms with Gasteiger partial charge < -0.3 is 37.6 Å². The standard InChI is InChI=1S/C22H22O9/c1-24-12-7-10-9-30-19-15(23)14-17(26-3)20(27-4)22(29-6)21(28-5)18(14)31-16(19)11(10)8-13(12)25-2/h7-8H,9H2,1-6H3. The Bertz CT molecular complexity index is 1230. The summed E-state index contributed by atoms with van der Waals surface area (Å²) < 4.78 is 44.7. The number of fused-ring (bicyclic) bond motifs is 4. The molecule has 9 heteroatoms.